The molecule has 168 valence electrons. The van der Waals surface area contributed by atoms with Gasteiger partial charge in [-0.1, -0.05) is 6.07 Å². The van der Waals surface area contributed by atoms with Crippen LogP contribution in [0.1, 0.15) is 53.8 Å². The fourth-order valence-corrected chi connectivity index (χ4v) is 7.26. The molecule has 2 saturated carbocycles. The molecule has 2 aromatic rings. The number of carbonyl (C=O) groups is 1. The molecule has 0 radical (unpaired) electrons. The Kier molecular flexibility index (Phi) is 3.71. The number of nitrogens with zero attached hydrogens (tertiary/aromatic N) is 2. The van der Waals surface area contributed by atoms with E-state index in [1.807, 2.05) is 6.07 Å². The summed E-state index contributed by atoms with van der Waals surface area (Å²) in [6.45, 7) is 1.95. The van der Waals surface area contributed by atoms with E-state index in [9.17, 15) is 15.0 Å². The summed E-state index contributed by atoms with van der Waals surface area (Å²) in [6, 6.07) is 3.47. The molecule has 1 amide bonds. The van der Waals surface area contributed by atoms with Crippen molar-refractivity contribution in [1.82, 2.24) is 20.2 Å². The van der Waals surface area contributed by atoms with Crippen molar-refractivity contribution in [2.45, 2.75) is 67.7 Å². The van der Waals surface area contributed by atoms with Gasteiger partial charge in [-0.2, -0.15) is 0 Å². The Morgan fingerprint density at radius 3 is 2.97 bits per heavy atom. The van der Waals surface area contributed by atoms with Crippen LogP contribution in [-0.2, 0) is 11.8 Å². The van der Waals surface area contributed by atoms with Gasteiger partial charge in [0.1, 0.15) is 6.10 Å². The Morgan fingerprint density at radius 1 is 1.31 bits per heavy atom. The van der Waals surface area contributed by atoms with Crippen molar-refractivity contribution in [3.63, 3.8) is 0 Å². The van der Waals surface area contributed by atoms with Gasteiger partial charge in [-0.05, 0) is 62.6 Å². The third kappa shape index (κ3) is 2.29. The second kappa shape index (κ2) is 6.26. The molecule has 1 saturated heterocycles. The van der Waals surface area contributed by atoms with Crippen molar-refractivity contribution in [2.75, 3.05) is 13.1 Å². The monoisotopic (exact) mass is 436 g/mol. The van der Waals surface area contributed by atoms with Gasteiger partial charge in [-0.3, -0.25) is 9.69 Å². The summed E-state index contributed by atoms with van der Waals surface area (Å²) in [5.41, 5.74) is 0.569. The highest BCUT2D eigenvalue weighted by Gasteiger charge is 2.73. The molecule has 5 atom stereocenters. The van der Waals surface area contributed by atoms with E-state index in [4.69, 9.17) is 4.74 Å². The summed E-state index contributed by atoms with van der Waals surface area (Å²) in [4.78, 5) is 22.3. The van der Waals surface area contributed by atoms with E-state index in [1.165, 1.54) is 12.8 Å². The number of piperidine rings is 1. The van der Waals surface area contributed by atoms with Gasteiger partial charge in [-0.25, -0.2) is 4.98 Å². The van der Waals surface area contributed by atoms with Crippen LogP contribution in [0.15, 0.2) is 24.5 Å². The van der Waals surface area contributed by atoms with Crippen molar-refractivity contribution >= 4 is 5.91 Å². The van der Waals surface area contributed by atoms with Gasteiger partial charge in [0.25, 0.3) is 5.91 Å². The Morgan fingerprint density at radius 2 is 2.19 bits per heavy atom. The number of ether oxygens (including phenoxy) is 1. The highest BCUT2D eigenvalue weighted by molar-refractivity contribution is 5.90. The van der Waals surface area contributed by atoms with Crippen molar-refractivity contribution in [1.29, 1.82) is 0 Å². The van der Waals surface area contributed by atoms with Crippen molar-refractivity contribution in [3.05, 3.63) is 41.5 Å². The van der Waals surface area contributed by atoms with Gasteiger partial charge in [0.05, 0.1) is 17.1 Å². The van der Waals surface area contributed by atoms with Gasteiger partial charge in [0.2, 0.25) is 0 Å². The Hall–Kier alpha value is -2.58. The number of hydrogen-bond donors (Lipinski definition) is 4. The Balaban J connectivity index is 1.32. The molecule has 7 rings (SSSR count). The zero-order valence-corrected chi connectivity index (χ0v) is 17.9. The van der Waals surface area contributed by atoms with Crippen molar-refractivity contribution in [2.24, 2.45) is 5.92 Å². The summed E-state index contributed by atoms with van der Waals surface area (Å²) in [5, 5.41) is 26.2. The molecule has 1 aromatic heterocycles. The summed E-state index contributed by atoms with van der Waals surface area (Å²) < 4.78 is 6.46. The Labute approximate surface area is 186 Å². The van der Waals surface area contributed by atoms with Crippen LogP contribution in [0.4, 0.5) is 0 Å². The topological polar surface area (TPSA) is 111 Å². The SMILES string of the molecule is O=C(N[C@H]1CC[C@@]2(O)[C@H]3Cc4ccc(O)c5c4[C@@]2(CCN3CC2CC2)[C@H]1O5)c1ncc[nH]1. The average molecular weight is 437 g/mol. The lowest BCUT2D eigenvalue weighted by Gasteiger charge is -2.64. The number of hydrogen-bond acceptors (Lipinski definition) is 6. The van der Waals surface area contributed by atoms with Gasteiger partial charge < -0.3 is 25.3 Å². The molecule has 3 fully saturated rings. The summed E-state index contributed by atoms with van der Waals surface area (Å²) in [5.74, 6) is 1.36. The number of carbonyl (C=O) groups excluding carboxylic acids is 1. The molecular weight excluding hydrogens is 408 g/mol. The smallest absolute Gasteiger partial charge is 0.287 e. The lowest BCUT2D eigenvalue weighted by molar-refractivity contribution is -0.191. The molecule has 3 heterocycles. The minimum Gasteiger partial charge on any atom is -0.504 e. The number of H-pyrrole nitrogens is 1. The maximum absolute atomic E-state index is 12.8. The molecule has 32 heavy (non-hydrogen) atoms. The molecule has 8 heteroatoms. The van der Waals surface area contributed by atoms with E-state index >= 15 is 0 Å². The van der Waals surface area contributed by atoms with Crippen LogP contribution in [0.5, 0.6) is 11.5 Å². The third-order valence-corrected chi connectivity index (χ3v) is 8.79. The molecule has 0 unspecified atom stereocenters. The van der Waals surface area contributed by atoms with E-state index in [1.54, 1.807) is 18.5 Å². The van der Waals surface area contributed by atoms with Gasteiger partial charge in [0, 0.05) is 30.5 Å². The first-order valence-electron chi connectivity index (χ1n) is 11.8. The first-order valence-corrected chi connectivity index (χ1v) is 11.8. The number of amides is 1. The molecular formula is C24H28N4O4. The predicted molar refractivity (Wildman–Crippen MR) is 115 cm³/mol. The van der Waals surface area contributed by atoms with Gasteiger partial charge in [0.15, 0.2) is 17.3 Å². The number of phenolic OH excluding ortho intramolecular Hbond substituents is 1. The minimum absolute atomic E-state index is 0.0349. The van der Waals surface area contributed by atoms with E-state index in [-0.39, 0.29) is 29.6 Å². The lowest BCUT2D eigenvalue weighted by atomic mass is 9.48. The van der Waals surface area contributed by atoms with Gasteiger partial charge in [-0.15, -0.1) is 0 Å². The minimum atomic E-state index is -0.942. The largest absolute Gasteiger partial charge is 0.504 e. The Bertz CT molecular complexity index is 1100. The number of rotatable bonds is 4. The third-order valence-electron chi connectivity index (χ3n) is 8.79. The van der Waals surface area contributed by atoms with Crippen LogP contribution in [-0.4, -0.2) is 67.9 Å². The average Bonchev–Trinajstić information content (AvgIpc) is 3.27. The first-order chi connectivity index (χ1) is 15.5. The molecule has 8 nitrogen and oxygen atoms in total. The zero-order valence-electron chi connectivity index (χ0n) is 17.9. The molecule has 2 bridgehead atoms. The van der Waals surface area contributed by atoms with Crippen molar-refractivity contribution < 1.29 is 19.7 Å². The van der Waals surface area contributed by atoms with Crippen LogP contribution in [0, 0.1) is 5.92 Å². The number of benzene rings is 1. The number of nitrogens with one attached hydrogen (secondary N) is 2. The molecule has 1 spiro atoms. The van der Waals surface area contributed by atoms with Crippen LogP contribution >= 0.6 is 0 Å². The number of imidazole rings is 1. The number of aromatic nitrogens is 2. The number of phenols is 1. The second-order valence-electron chi connectivity index (χ2n) is 10.3. The second-order valence-corrected chi connectivity index (χ2v) is 10.3. The fourth-order valence-electron chi connectivity index (χ4n) is 7.26. The lowest BCUT2D eigenvalue weighted by Crippen LogP contribution is -2.78. The molecule has 2 aliphatic heterocycles. The number of aromatic hydroxyl groups is 1. The van der Waals surface area contributed by atoms with E-state index in [2.05, 4.69) is 20.2 Å². The van der Waals surface area contributed by atoms with Crippen LogP contribution in [0.25, 0.3) is 0 Å². The number of likely N-dealkylation sites (tertiary alicyclic amines) is 1. The summed E-state index contributed by atoms with van der Waals surface area (Å²) >= 11 is 0. The standard InChI is InChI=1S/C24H28N4O4/c29-16-4-3-14-11-17-24(31)6-5-15(27-22(30)21-25-8-9-26-21)20-23(24,18(14)19(16)32-20)7-10-28(17)12-13-1-2-13/h3-4,8-9,13,15,17,20,29,31H,1-2,5-7,10-12H2,(H,25,26)(H,27,30)/t15-,17+,20-,23-,24+/m0/s1. The number of aromatic amines is 1. The summed E-state index contributed by atoms with van der Waals surface area (Å²) in [6.07, 6.45) is 8.07. The molecule has 4 N–H and O–H groups in total. The van der Waals surface area contributed by atoms with Crippen LogP contribution < -0.4 is 10.1 Å². The summed E-state index contributed by atoms with van der Waals surface area (Å²) in [7, 11) is 0. The fraction of sp³-hybridized carbons (Fsp3) is 0.583. The van der Waals surface area contributed by atoms with E-state index < -0.39 is 17.1 Å². The van der Waals surface area contributed by atoms with Gasteiger partial charge >= 0.3 is 0 Å². The maximum atomic E-state index is 12.8. The normalized spacial score (nSPS) is 37.0. The maximum Gasteiger partial charge on any atom is 0.287 e. The highest BCUT2D eigenvalue weighted by atomic mass is 16.5. The van der Waals surface area contributed by atoms with E-state index in [0.717, 1.165) is 43.0 Å². The number of aliphatic hydroxyl groups is 1. The quantitative estimate of drug-likeness (QED) is 0.578. The first kappa shape index (κ1) is 18.9. The van der Waals surface area contributed by atoms with Crippen molar-refractivity contribution in [3.8, 4) is 11.5 Å². The van der Waals surface area contributed by atoms with E-state index in [0.29, 0.717) is 18.6 Å². The molecule has 5 aliphatic rings. The molecule has 1 aromatic carbocycles. The molecule has 3 aliphatic carbocycles. The predicted octanol–water partition coefficient (Wildman–Crippen LogP) is 1.48. The zero-order chi connectivity index (χ0) is 21.7. The highest BCUT2D eigenvalue weighted by Crippen LogP contribution is 2.65. The van der Waals surface area contributed by atoms with Crippen LogP contribution in [0.3, 0.4) is 0 Å². The van der Waals surface area contributed by atoms with Crippen LogP contribution in [0.2, 0.25) is 0 Å².